The fourth-order valence-corrected chi connectivity index (χ4v) is 3.81. The standard InChI is InChI=1S/C22H25N5O2/c28-21(23-12-4-14-27-15-5-13-24-27)17-8-10-18-19(11-9-17)25-20(26-22(18)29)16-6-2-1-3-7-16/h1-3,5-7,13,15,17H,4,8-12,14H2,(H,23,28)(H,25,26,29). The van der Waals surface area contributed by atoms with Crippen LogP contribution in [-0.2, 0) is 24.2 Å². The molecule has 0 aliphatic heterocycles. The number of H-pyrrole nitrogens is 1. The van der Waals surface area contributed by atoms with Crippen LogP contribution in [-0.4, -0.2) is 32.2 Å². The fraction of sp³-hybridized carbons (Fsp3) is 0.364. The van der Waals surface area contributed by atoms with Gasteiger partial charge in [0, 0.05) is 42.5 Å². The van der Waals surface area contributed by atoms with E-state index in [1.54, 1.807) is 6.20 Å². The number of hydrogen-bond acceptors (Lipinski definition) is 4. The van der Waals surface area contributed by atoms with Crippen molar-refractivity contribution in [3.05, 3.63) is 70.4 Å². The van der Waals surface area contributed by atoms with E-state index in [4.69, 9.17) is 4.98 Å². The first-order valence-corrected chi connectivity index (χ1v) is 10.1. The van der Waals surface area contributed by atoms with E-state index in [9.17, 15) is 9.59 Å². The van der Waals surface area contributed by atoms with E-state index in [0.29, 0.717) is 38.1 Å². The molecule has 0 saturated carbocycles. The molecule has 1 atom stereocenters. The fourth-order valence-electron chi connectivity index (χ4n) is 3.81. The lowest BCUT2D eigenvalue weighted by molar-refractivity contribution is -0.125. The Balaban J connectivity index is 1.37. The second kappa shape index (κ2) is 8.86. The number of amides is 1. The van der Waals surface area contributed by atoms with Crippen molar-refractivity contribution in [3.63, 3.8) is 0 Å². The van der Waals surface area contributed by atoms with Crippen LogP contribution >= 0.6 is 0 Å². The zero-order chi connectivity index (χ0) is 20.1. The summed E-state index contributed by atoms with van der Waals surface area (Å²) >= 11 is 0. The molecule has 0 fully saturated rings. The van der Waals surface area contributed by atoms with Crippen molar-refractivity contribution in [1.29, 1.82) is 0 Å². The molecule has 4 rings (SSSR count). The van der Waals surface area contributed by atoms with Gasteiger partial charge in [-0.25, -0.2) is 4.98 Å². The number of carbonyl (C=O) groups is 1. The van der Waals surface area contributed by atoms with Crippen molar-refractivity contribution in [1.82, 2.24) is 25.1 Å². The number of carbonyl (C=O) groups excluding carboxylic acids is 1. The predicted molar refractivity (Wildman–Crippen MR) is 110 cm³/mol. The minimum atomic E-state index is -0.0894. The Labute approximate surface area is 169 Å². The van der Waals surface area contributed by atoms with Gasteiger partial charge >= 0.3 is 0 Å². The summed E-state index contributed by atoms with van der Waals surface area (Å²) in [6.07, 6.45) is 7.11. The van der Waals surface area contributed by atoms with Crippen LogP contribution in [0, 0.1) is 5.92 Å². The molecule has 7 heteroatoms. The van der Waals surface area contributed by atoms with Crippen LogP contribution in [0.3, 0.4) is 0 Å². The molecule has 2 aromatic heterocycles. The van der Waals surface area contributed by atoms with E-state index in [-0.39, 0.29) is 17.4 Å². The lowest BCUT2D eigenvalue weighted by Gasteiger charge is -2.14. The number of aryl methyl sites for hydroxylation is 2. The van der Waals surface area contributed by atoms with Gasteiger partial charge in [-0.3, -0.25) is 14.3 Å². The maximum atomic E-state index is 12.6. The molecule has 150 valence electrons. The predicted octanol–water partition coefficient (Wildman–Crippen LogP) is 2.33. The van der Waals surface area contributed by atoms with Gasteiger partial charge < -0.3 is 10.3 Å². The third-order valence-electron chi connectivity index (χ3n) is 5.41. The Kier molecular flexibility index (Phi) is 5.84. The third kappa shape index (κ3) is 4.62. The Bertz CT molecular complexity index is 1010. The topological polar surface area (TPSA) is 92.7 Å². The maximum Gasteiger partial charge on any atom is 0.254 e. The molecule has 29 heavy (non-hydrogen) atoms. The van der Waals surface area contributed by atoms with Crippen molar-refractivity contribution in [2.45, 2.75) is 38.6 Å². The van der Waals surface area contributed by atoms with E-state index in [1.807, 2.05) is 47.3 Å². The van der Waals surface area contributed by atoms with Gasteiger partial charge in [-0.2, -0.15) is 5.10 Å². The van der Waals surface area contributed by atoms with Gasteiger partial charge in [0.15, 0.2) is 0 Å². The quantitative estimate of drug-likeness (QED) is 0.498. The van der Waals surface area contributed by atoms with Crippen molar-refractivity contribution in [2.24, 2.45) is 5.92 Å². The lowest BCUT2D eigenvalue weighted by atomic mass is 9.99. The van der Waals surface area contributed by atoms with Crippen molar-refractivity contribution >= 4 is 5.91 Å². The minimum absolute atomic E-state index is 0.0676. The number of nitrogens with zero attached hydrogens (tertiary/aromatic N) is 3. The van der Waals surface area contributed by atoms with E-state index >= 15 is 0 Å². The van der Waals surface area contributed by atoms with Gasteiger partial charge in [-0.05, 0) is 38.2 Å². The first kappa shape index (κ1) is 19.1. The Morgan fingerprint density at radius 3 is 2.79 bits per heavy atom. The summed E-state index contributed by atoms with van der Waals surface area (Å²) in [5.41, 5.74) is 2.34. The average Bonchev–Trinajstić information content (AvgIpc) is 3.16. The molecule has 1 aliphatic rings. The van der Waals surface area contributed by atoms with Gasteiger partial charge in [-0.15, -0.1) is 0 Å². The van der Waals surface area contributed by atoms with E-state index < -0.39 is 0 Å². The summed E-state index contributed by atoms with van der Waals surface area (Å²) in [4.78, 5) is 32.8. The van der Waals surface area contributed by atoms with Gasteiger partial charge in [0.25, 0.3) is 5.56 Å². The highest BCUT2D eigenvalue weighted by Crippen LogP contribution is 2.23. The Morgan fingerprint density at radius 2 is 2.00 bits per heavy atom. The molecule has 1 amide bonds. The van der Waals surface area contributed by atoms with E-state index in [1.165, 1.54) is 0 Å². The molecule has 0 spiro atoms. The highest BCUT2D eigenvalue weighted by atomic mass is 16.2. The molecular formula is C22H25N5O2. The normalized spacial score (nSPS) is 16.1. The smallest absolute Gasteiger partial charge is 0.254 e. The summed E-state index contributed by atoms with van der Waals surface area (Å²) in [6, 6.07) is 11.5. The van der Waals surface area contributed by atoms with Crippen LogP contribution < -0.4 is 10.9 Å². The van der Waals surface area contributed by atoms with Crippen LogP contribution in [0.1, 0.15) is 30.5 Å². The Hall–Kier alpha value is -3.22. The molecule has 0 radical (unpaired) electrons. The summed E-state index contributed by atoms with van der Waals surface area (Å²) in [5, 5.41) is 7.19. The second-order valence-corrected chi connectivity index (χ2v) is 7.39. The molecular weight excluding hydrogens is 366 g/mol. The number of aromatic nitrogens is 4. The highest BCUT2D eigenvalue weighted by molar-refractivity contribution is 5.78. The zero-order valence-corrected chi connectivity index (χ0v) is 16.3. The molecule has 0 bridgehead atoms. The molecule has 7 nitrogen and oxygen atoms in total. The lowest BCUT2D eigenvalue weighted by Crippen LogP contribution is -2.32. The number of fused-ring (bicyclic) bond motifs is 1. The van der Waals surface area contributed by atoms with Crippen LogP contribution in [0.25, 0.3) is 11.4 Å². The number of nitrogens with one attached hydrogen (secondary N) is 2. The van der Waals surface area contributed by atoms with Crippen LogP contribution in [0.5, 0.6) is 0 Å². The SMILES string of the molecule is O=C(NCCCn1cccn1)C1CCc2nc(-c3ccccc3)[nH]c(=O)c2CC1. The first-order chi connectivity index (χ1) is 14.2. The molecule has 3 aromatic rings. The van der Waals surface area contributed by atoms with E-state index in [0.717, 1.165) is 29.8 Å². The Morgan fingerprint density at radius 1 is 1.17 bits per heavy atom. The molecule has 0 saturated heterocycles. The molecule has 1 aliphatic carbocycles. The van der Waals surface area contributed by atoms with Crippen LogP contribution in [0.2, 0.25) is 0 Å². The zero-order valence-electron chi connectivity index (χ0n) is 16.3. The summed E-state index contributed by atoms with van der Waals surface area (Å²) in [5.74, 6) is 0.572. The number of aromatic amines is 1. The molecule has 1 aromatic carbocycles. The summed E-state index contributed by atoms with van der Waals surface area (Å²) in [7, 11) is 0. The van der Waals surface area contributed by atoms with Gasteiger partial charge in [0.1, 0.15) is 5.82 Å². The number of benzene rings is 1. The third-order valence-corrected chi connectivity index (χ3v) is 5.41. The highest BCUT2D eigenvalue weighted by Gasteiger charge is 2.25. The first-order valence-electron chi connectivity index (χ1n) is 10.1. The van der Waals surface area contributed by atoms with Gasteiger partial charge in [0.2, 0.25) is 5.91 Å². The van der Waals surface area contributed by atoms with Crippen molar-refractivity contribution in [3.8, 4) is 11.4 Å². The summed E-state index contributed by atoms with van der Waals surface area (Å²) in [6.45, 7) is 1.41. The van der Waals surface area contributed by atoms with Gasteiger partial charge in [0.05, 0.1) is 5.69 Å². The van der Waals surface area contributed by atoms with Gasteiger partial charge in [-0.1, -0.05) is 30.3 Å². The largest absolute Gasteiger partial charge is 0.356 e. The molecule has 1 unspecified atom stereocenters. The van der Waals surface area contributed by atoms with Crippen molar-refractivity contribution < 1.29 is 4.79 Å². The van der Waals surface area contributed by atoms with Crippen molar-refractivity contribution in [2.75, 3.05) is 6.54 Å². The number of rotatable bonds is 6. The maximum absolute atomic E-state index is 12.6. The average molecular weight is 391 g/mol. The summed E-state index contributed by atoms with van der Waals surface area (Å²) < 4.78 is 1.86. The van der Waals surface area contributed by atoms with Crippen LogP contribution in [0.4, 0.5) is 0 Å². The molecule has 2 N–H and O–H groups in total. The molecule has 2 heterocycles. The van der Waals surface area contributed by atoms with E-state index in [2.05, 4.69) is 15.4 Å². The second-order valence-electron chi connectivity index (χ2n) is 7.39. The monoisotopic (exact) mass is 391 g/mol. The van der Waals surface area contributed by atoms with Crippen LogP contribution in [0.15, 0.2) is 53.6 Å². The minimum Gasteiger partial charge on any atom is -0.356 e. The number of hydrogen-bond donors (Lipinski definition) is 2.